The van der Waals surface area contributed by atoms with Crippen molar-refractivity contribution in [1.29, 1.82) is 0 Å². The van der Waals surface area contributed by atoms with E-state index in [-0.39, 0.29) is 161 Å². The summed E-state index contributed by atoms with van der Waals surface area (Å²) in [4.78, 5) is 163. The first-order valence-corrected chi connectivity index (χ1v) is 43.7. The Labute approximate surface area is 780 Å². The van der Waals surface area contributed by atoms with E-state index in [0.717, 1.165) is 86.9 Å². The second-order valence-corrected chi connectivity index (χ2v) is 33.1. The van der Waals surface area contributed by atoms with Crippen LogP contribution in [0, 0.1) is 48.5 Å². The van der Waals surface area contributed by atoms with Gasteiger partial charge in [0.1, 0.15) is 77.3 Å². The Hall–Kier alpha value is -13.9. The minimum absolute atomic E-state index is 0.0655. The average molecular weight is 1930 g/mol. The largest absolute Gasteiger partial charge is 0.534 e. The predicted molar refractivity (Wildman–Crippen MR) is 497 cm³/mol. The molecule has 7 aromatic carbocycles. The third-order valence-electron chi connectivity index (χ3n) is 20.1. The molecule has 0 bridgehead atoms. The zero-order chi connectivity index (χ0) is 105. The van der Waals surface area contributed by atoms with Crippen LogP contribution >= 0.6 is 0 Å². The number of rotatable bonds is 33. The highest BCUT2D eigenvalue weighted by Gasteiger charge is 2.50. The molecule has 0 fully saturated rings. The molecule has 0 aliphatic rings. The molecular weight excluding hydrogens is 1820 g/mol. The number of Topliss-reactive ketones (excluding diaryl/α,β-unsaturated/α-hetero) is 14. The standard InChI is InChI=1S/2C16H20O3.C15H15F3O6S.C14H16O4.C13H16O3.C13H14O3.C12H11F3O6S/c1-6-8-19-14-9-13(7-2)10(3)15(11(4)17)16(14)12(5)18;1-6-8-13-12(7-2)9(3)14(10(4)17)15(11(5)18)16(13)19;1-5-6-23-12-7-11(24-25(21,22)15(16,17)18)8(2)13(9(3)19)14(12)10(4)20;1-5-6-18-12-7-11(17)8(2)13(9(3)15)14(12)10(4)16;2*1-5-10-6-11(16)13(9(4)15)12(7(10)2)8(3)14;1-5-9(21-22(19,20)12(13,14)15)4-8(18)11(7(3)17)10(5)6(2)16/h6,9H,1,7-8H2,2-5H3;6,19H,1,7-8H2,2-5H3;5,7H,1,6H2,2-4H3;5,7,17H,1,6H2,2-4H3;6,16H,5H2,1-4H3;5-6,16H,1H2,2-4H3;4,18H,1-3H3. The Morgan fingerprint density at radius 3 is 0.859 bits per heavy atom. The van der Waals surface area contributed by atoms with Crippen molar-refractivity contribution in [3.63, 3.8) is 0 Å². The van der Waals surface area contributed by atoms with Crippen LogP contribution in [-0.4, -0.2) is 154 Å². The molecule has 0 amide bonds. The molecule has 0 aromatic heterocycles. The summed E-state index contributed by atoms with van der Waals surface area (Å²) in [6.45, 7) is 53.3. The van der Waals surface area contributed by atoms with Crippen molar-refractivity contribution in [2.75, 3.05) is 19.8 Å². The van der Waals surface area contributed by atoms with Crippen LogP contribution in [0.3, 0.4) is 0 Å². The first-order chi connectivity index (χ1) is 62.1. The average Bonchev–Trinajstić information content (AvgIpc) is 0.771. The van der Waals surface area contributed by atoms with E-state index in [9.17, 15) is 136 Å². The van der Waals surface area contributed by atoms with E-state index < -0.39 is 82.8 Å². The summed E-state index contributed by atoms with van der Waals surface area (Å²) in [5, 5.41) is 49.3. The van der Waals surface area contributed by atoms with Crippen LogP contribution in [0.4, 0.5) is 26.3 Å². The molecule has 0 unspecified atom stereocenters. The molecule has 5 N–H and O–H groups in total. The maximum Gasteiger partial charge on any atom is 0.534 e. The van der Waals surface area contributed by atoms with Crippen LogP contribution in [0.5, 0.6) is 57.5 Å². The number of halogens is 6. The second-order valence-electron chi connectivity index (χ2n) is 30.0. The fourth-order valence-electron chi connectivity index (χ4n) is 14.2. The third kappa shape index (κ3) is 29.8. The van der Waals surface area contributed by atoms with E-state index in [0.29, 0.717) is 75.8 Å². The molecule has 0 aliphatic carbocycles. The fourth-order valence-corrected chi connectivity index (χ4v) is 15.2. The molecule has 0 aliphatic heterocycles. The molecule has 0 spiro atoms. The van der Waals surface area contributed by atoms with Gasteiger partial charge in [-0.3, -0.25) is 67.1 Å². The van der Waals surface area contributed by atoms with Crippen molar-refractivity contribution in [3.05, 3.63) is 238 Å². The minimum atomic E-state index is -5.97. The molecule has 730 valence electrons. The van der Waals surface area contributed by atoms with E-state index in [1.165, 1.54) is 100 Å². The summed E-state index contributed by atoms with van der Waals surface area (Å²) >= 11 is 0. The maximum absolute atomic E-state index is 12.5. The number of aryl methyl sites for hydroxylation is 2. The number of alkyl halides is 6. The van der Waals surface area contributed by atoms with E-state index >= 15 is 0 Å². The number of benzene rings is 7. The normalized spacial score (nSPS) is 10.7. The molecule has 0 atom stereocenters. The second kappa shape index (κ2) is 50.8. The lowest BCUT2D eigenvalue weighted by atomic mass is 9.86. The Morgan fingerprint density at radius 1 is 0.296 bits per heavy atom. The van der Waals surface area contributed by atoms with Crippen molar-refractivity contribution < 1.29 is 158 Å². The molecule has 0 radical (unpaired) electrons. The van der Waals surface area contributed by atoms with Crippen molar-refractivity contribution in [1.82, 2.24) is 0 Å². The Kier molecular flexibility index (Phi) is 44.8. The van der Waals surface area contributed by atoms with Gasteiger partial charge in [0.2, 0.25) is 0 Å². The van der Waals surface area contributed by atoms with Gasteiger partial charge in [0.15, 0.2) is 81.0 Å². The van der Waals surface area contributed by atoms with Gasteiger partial charge in [-0.15, -0.1) is 6.58 Å². The number of hydrogen-bond acceptors (Lipinski definition) is 28. The van der Waals surface area contributed by atoms with Crippen LogP contribution in [0.25, 0.3) is 6.08 Å². The number of ketones is 14. The van der Waals surface area contributed by atoms with E-state index in [4.69, 9.17) is 14.2 Å². The molecule has 0 saturated heterocycles. The van der Waals surface area contributed by atoms with Crippen LogP contribution in [0.15, 0.2) is 93.6 Å². The zero-order valence-electron chi connectivity index (χ0n) is 79.5. The number of aromatic hydroxyl groups is 5. The summed E-state index contributed by atoms with van der Waals surface area (Å²) in [5.74, 6) is -7.54. The molecule has 7 rings (SSSR count). The SMILES string of the molecule is C=CCOc1cc(CC)c(C)c(C(C)=O)c1C(C)=O.C=CCOc1cc(O)c(C)c(C(C)=O)c1C(C)=O.C=CCOc1cc(OS(=O)(=O)C(F)(F)F)c(C)c(C(C)=O)c1C(C)=O.C=CCc1c(O)c(C(C)=O)c(C(C)=O)c(C)c1CC.C=Cc1cc(O)c(C(C)=O)c(C(C)=O)c1C.CC(=O)c1c(O)cc(OS(=O)(=O)C(F)(F)F)c(C)c1C(C)=O.CCc1cc(O)c(C(C)=O)c(C(C)=O)c1C. The molecular formula is C99H112F6O28S2. The van der Waals surface area contributed by atoms with Crippen LogP contribution in [-0.2, 0) is 45.9 Å². The lowest BCUT2D eigenvalue weighted by Gasteiger charge is -2.19. The smallest absolute Gasteiger partial charge is 0.508 e. The molecule has 0 heterocycles. The maximum atomic E-state index is 12.5. The topological polar surface area (TPSA) is 455 Å². The van der Waals surface area contributed by atoms with Gasteiger partial charge in [0, 0.05) is 79.4 Å². The predicted octanol–water partition coefficient (Wildman–Crippen LogP) is 20.5. The van der Waals surface area contributed by atoms with Crippen molar-refractivity contribution in [2.24, 2.45) is 0 Å². The first kappa shape index (κ1) is 119. The van der Waals surface area contributed by atoms with Gasteiger partial charge in [-0.1, -0.05) is 77.5 Å². The van der Waals surface area contributed by atoms with Crippen LogP contribution in [0.1, 0.15) is 329 Å². The highest BCUT2D eigenvalue weighted by Crippen LogP contribution is 2.42. The quantitative estimate of drug-likeness (QED) is 0.00838. The van der Waals surface area contributed by atoms with Crippen LogP contribution < -0.4 is 22.6 Å². The number of allylic oxidation sites excluding steroid dienone is 1. The van der Waals surface area contributed by atoms with Crippen molar-refractivity contribution in [3.8, 4) is 57.5 Å². The molecule has 135 heavy (non-hydrogen) atoms. The van der Waals surface area contributed by atoms with E-state index in [1.807, 2.05) is 40.7 Å². The molecule has 36 heteroatoms. The van der Waals surface area contributed by atoms with Gasteiger partial charge in [0.25, 0.3) is 0 Å². The number of hydrogen-bond donors (Lipinski definition) is 5. The minimum Gasteiger partial charge on any atom is -0.508 e. The Morgan fingerprint density at radius 2 is 0.556 bits per heavy atom. The summed E-state index contributed by atoms with van der Waals surface area (Å²) in [7, 11) is -11.9. The third-order valence-corrected chi connectivity index (χ3v) is 22.0. The first-order valence-electron chi connectivity index (χ1n) is 40.9. The highest BCUT2D eigenvalue weighted by atomic mass is 32.2. The zero-order valence-corrected chi connectivity index (χ0v) is 81.2. The number of phenols is 5. The van der Waals surface area contributed by atoms with Gasteiger partial charge in [-0.25, -0.2) is 0 Å². The van der Waals surface area contributed by atoms with Gasteiger partial charge >= 0.3 is 31.3 Å². The number of ether oxygens (including phenoxy) is 3. The van der Waals surface area contributed by atoms with Gasteiger partial charge < -0.3 is 48.1 Å². The van der Waals surface area contributed by atoms with Gasteiger partial charge in [0.05, 0.1) is 38.9 Å². The summed E-state index contributed by atoms with van der Waals surface area (Å²) in [6, 6.07) is 7.58. The Bertz CT molecular complexity index is 6200. The van der Waals surface area contributed by atoms with Crippen molar-refractivity contribution >= 4 is 107 Å². The Balaban J connectivity index is 0.000000791. The van der Waals surface area contributed by atoms with Gasteiger partial charge in [-0.2, -0.15) is 43.2 Å². The number of carbonyl (C=O) groups is 14. The summed E-state index contributed by atoms with van der Waals surface area (Å²) < 4.78 is 143. The lowest BCUT2D eigenvalue weighted by Crippen LogP contribution is -2.28. The molecule has 28 nitrogen and oxygen atoms in total. The van der Waals surface area contributed by atoms with E-state index in [2.05, 4.69) is 41.3 Å². The fraction of sp³-hybridized carbons (Fsp3) is 0.333. The monoisotopic (exact) mass is 1930 g/mol. The molecule has 0 saturated carbocycles. The molecule has 7 aromatic rings. The van der Waals surface area contributed by atoms with Crippen LogP contribution in [0.2, 0.25) is 0 Å². The number of carbonyl (C=O) groups excluding carboxylic acids is 14. The van der Waals surface area contributed by atoms with E-state index in [1.54, 1.807) is 45.1 Å². The summed E-state index contributed by atoms with van der Waals surface area (Å²) in [6.07, 6.45) is 10.3. The summed E-state index contributed by atoms with van der Waals surface area (Å²) in [5.41, 5.74) is -2.81. The van der Waals surface area contributed by atoms with Gasteiger partial charge in [-0.05, 0) is 234 Å². The number of phenolic OH excluding ortho intramolecular Hbond substituents is 5. The lowest BCUT2D eigenvalue weighted by molar-refractivity contribution is -0.0505. The highest BCUT2D eigenvalue weighted by molar-refractivity contribution is 7.88. The van der Waals surface area contributed by atoms with Crippen molar-refractivity contribution in [2.45, 2.75) is 203 Å².